The average molecular weight is 436 g/mol. The molecule has 172 valence electrons. The van der Waals surface area contributed by atoms with E-state index in [0.717, 1.165) is 4.90 Å². The molecule has 0 spiro atoms. The number of hydrogen-bond acceptors (Lipinski definition) is 9. The highest BCUT2D eigenvalue weighted by Gasteiger charge is 2.31. The fraction of sp³-hybridized carbons (Fsp3) is 0.667. The Labute approximate surface area is 183 Å². The van der Waals surface area contributed by atoms with Gasteiger partial charge < -0.3 is 19.7 Å². The molecule has 1 atom stereocenters. The lowest BCUT2D eigenvalue weighted by molar-refractivity contribution is -0.119. The topological polar surface area (TPSA) is 114 Å². The van der Waals surface area contributed by atoms with Crippen molar-refractivity contribution in [3.63, 3.8) is 0 Å². The SMILES string of the molecule is CC(=O)[C@H]1CN(c2ncc(CN(C(=O)OC(C)(C)C)C(=O)OC(C)(C)C)cn2)CCN1. The third-order valence-corrected chi connectivity index (χ3v) is 4.21. The molecule has 0 radical (unpaired) electrons. The minimum Gasteiger partial charge on any atom is -0.443 e. The number of ketones is 1. The summed E-state index contributed by atoms with van der Waals surface area (Å²) >= 11 is 0. The number of Topliss-reactive ketones (excluding diaryl/α,β-unsaturated/α-hetero) is 1. The van der Waals surface area contributed by atoms with Crippen LogP contribution in [-0.4, -0.2) is 69.7 Å². The highest BCUT2D eigenvalue weighted by Crippen LogP contribution is 2.17. The minimum atomic E-state index is -0.808. The van der Waals surface area contributed by atoms with Gasteiger partial charge in [0.25, 0.3) is 0 Å². The van der Waals surface area contributed by atoms with Crippen LogP contribution in [0.1, 0.15) is 54.0 Å². The van der Waals surface area contributed by atoms with Crippen molar-refractivity contribution in [1.29, 1.82) is 0 Å². The van der Waals surface area contributed by atoms with E-state index in [2.05, 4.69) is 15.3 Å². The molecule has 10 heteroatoms. The number of nitrogens with one attached hydrogen (secondary N) is 1. The van der Waals surface area contributed by atoms with Crippen LogP contribution >= 0.6 is 0 Å². The fourth-order valence-corrected chi connectivity index (χ4v) is 2.82. The van der Waals surface area contributed by atoms with Crippen LogP contribution in [0.2, 0.25) is 0 Å². The van der Waals surface area contributed by atoms with Crippen molar-refractivity contribution in [3.05, 3.63) is 18.0 Å². The molecule has 0 aliphatic carbocycles. The van der Waals surface area contributed by atoms with Crippen LogP contribution < -0.4 is 10.2 Å². The van der Waals surface area contributed by atoms with Gasteiger partial charge in [-0.1, -0.05) is 0 Å². The molecular weight excluding hydrogens is 402 g/mol. The van der Waals surface area contributed by atoms with E-state index < -0.39 is 23.4 Å². The Morgan fingerprint density at radius 2 is 1.58 bits per heavy atom. The first kappa shape index (κ1) is 24.5. The fourth-order valence-electron chi connectivity index (χ4n) is 2.82. The van der Waals surface area contributed by atoms with Gasteiger partial charge in [-0.3, -0.25) is 4.79 Å². The van der Waals surface area contributed by atoms with E-state index in [9.17, 15) is 14.4 Å². The second-order valence-electron chi connectivity index (χ2n) is 9.50. The summed E-state index contributed by atoms with van der Waals surface area (Å²) in [6, 6.07) is -0.258. The van der Waals surface area contributed by atoms with Crippen LogP contribution in [0.5, 0.6) is 0 Å². The number of rotatable bonds is 4. The van der Waals surface area contributed by atoms with Gasteiger partial charge >= 0.3 is 12.2 Å². The van der Waals surface area contributed by atoms with Gasteiger partial charge in [-0.2, -0.15) is 0 Å². The van der Waals surface area contributed by atoms with Gasteiger partial charge in [0.05, 0.1) is 12.6 Å². The monoisotopic (exact) mass is 435 g/mol. The van der Waals surface area contributed by atoms with Crippen molar-refractivity contribution in [1.82, 2.24) is 20.2 Å². The zero-order valence-electron chi connectivity index (χ0n) is 19.4. The Balaban J connectivity index is 2.15. The van der Waals surface area contributed by atoms with Crippen LogP contribution in [0.3, 0.4) is 0 Å². The summed E-state index contributed by atoms with van der Waals surface area (Å²) in [6.07, 6.45) is 1.48. The molecule has 0 unspecified atom stereocenters. The number of aromatic nitrogens is 2. The van der Waals surface area contributed by atoms with Gasteiger partial charge in [0.15, 0.2) is 0 Å². The molecule has 1 aromatic rings. The van der Waals surface area contributed by atoms with E-state index in [0.29, 0.717) is 31.1 Å². The molecule has 2 heterocycles. The number of carbonyl (C=O) groups is 3. The van der Waals surface area contributed by atoms with Gasteiger partial charge in [0, 0.05) is 37.6 Å². The second-order valence-corrected chi connectivity index (χ2v) is 9.50. The molecule has 1 aromatic heterocycles. The summed E-state index contributed by atoms with van der Waals surface area (Å²) < 4.78 is 10.7. The maximum absolute atomic E-state index is 12.6. The maximum atomic E-state index is 12.6. The second kappa shape index (κ2) is 9.59. The predicted octanol–water partition coefficient (Wildman–Crippen LogP) is 2.52. The third kappa shape index (κ3) is 7.78. The molecule has 0 bridgehead atoms. The Morgan fingerprint density at radius 3 is 2.03 bits per heavy atom. The van der Waals surface area contributed by atoms with Crippen molar-refractivity contribution in [2.75, 3.05) is 24.5 Å². The maximum Gasteiger partial charge on any atom is 0.420 e. The molecule has 1 saturated heterocycles. The molecule has 1 fully saturated rings. The first-order valence-corrected chi connectivity index (χ1v) is 10.3. The first-order valence-electron chi connectivity index (χ1n) is 10.3. The van der Waals surface area contributed by atoms with Gasteiger partial charge in [-0.05, 0) is 48.5 Å². The number of nitrogens with zero attached hydrogens (tertiary/aromatic N) is 4. The highest BCUT2D eigenvalue weighted by molar-refractivity contribution is 5.88. The molecule has 0 saturated carbocycles. The van der Waals surface area contributed by atoms with E-state index in [4.69, 9.17) is 9.47 Å². The number of hydrogen-bond donors (Lipinski definition) is 1. The number of imide groups is 1. The quantitative estimate of drug-likeness (QED) is 0.762. The first-order chi connectivity index (χ1) is 14.2. The number of piperazine rings is 1. The van der Waals surface area contributed by atoms with Crippen LogP contribution in [0.15, 0.2) is 12.4 Å². The lowest BCUT2D eigenvalue weighted by Crippen LogP contribution is -2.54. The summed E-state index contributed by atoms with van der Waals surface area (Å²) in [4.78, 5) is 48.4. The van der Waals surface area contributed by atoms with E-state index >= 15 is 0 Å². The Hall–Kier alpha value is -2.75. The van der Waals surface area contributed by atoms with Gasteiger partial charge in [-0.25, -0.2) is 24.5 Å². The molecule has 1 aliphatic heterocycles. The number of amides is 2. The van der Waals surface area contributed by atoms with Crippen molar-refractivity contribution < 1.29 is 23.9 Å². The van der Waals surface area contributed by atoms with Crippen LogP contribution in [0.4, 0.5) is 15.5 Å². The molecule has 0 aromatic carbocycles. The van der Waals surface area contributed by atoms with Crippen molar-refractivity contribution in [3.8, 4) is 0 Å². The molecule has 10 nitrogen and oxygen atoms in total. The van der Waals surface area contributed by atoms with Crippen LogP contribution in [0.25, 0.3) is 0 Å². The molecule has 2 amide bonds. The Morgan fingerprint density at radius 1 is 1.06 bits per heavy atom. The third-order valence-electron chi connectivity index (χ3n) is 4.21. The number of ether oxygens (including phenoxy) is 2. The van der Waals surface area contributed by atoms with Gasteiger partial charge in [0.2, 0.25) is 5.95 Å². The van der Waals surface area contributed by atoms with E-state index in [1.165, 1.54) is 0 Å². The number of anilines is 1. The summed E-state index contributed by atoms with van der Waals surface area (Å²) in [5.74, 6) is 0.546. The summed E-state index contributed by atoms with van der Waals surface area (Å²) in [6.45, 7) is 13.6. The lowest BCUT2D eigenvalue weighted by Gasteiger charge is -2.32. The molecule has 31 heavy (non-hydrogen) atoms. The zero-order valence-corrected chi connectivity index (χ0v) is 19.4. The lowest BCUT2D eigenvalue weighted by atomic mass is 10.1. The van der Waals surface area contributed by atoms with Crippen LogP contribution in [0, 0.1) is 0 Å². The van der Waals surface area contributed by atoms with E-state index in [1.54, 1.807) is 60.9 Å². The molecule has 1 N–H and O–H groups in total. The van der Waals surface area contributed by atoms with Gasteiger partial charge in [-0.15, -0.1) is 0 Å². The smallest absolute Gasteiger partial charge is 0.420 e. The summed E-state index contributed by atoms with van der Waals surface area (Å²) in [5.41, 5.74) is -1.00. The van der Waals surface area contributed by atoms with Crippen molar-refractivity contribution in [2.24, 2.45) is 0 Å². The molecule has 1 aliphatic rings. The summed E-state index contributed by atoms with van der Waals surface area (Å²) in [5, 5.41) is 3.16. The Bertz CT molecular complexity index is 770. The van der Waals surface area contributed by atoms with E-state index in [-0.39, 0.29) is 18.4 Å². The normalized spacial score (nSPS) is 17.1. The summed E-state index contributed by atoms with van der Waals surface area (Å²) in [7, 11) is 0. The van der Waals surface area contributed by atoms with Crippen molar-refractivity contribution in [2.45, 2.75) is 72.3 Å². The molecule has 2 rings (SSSR count). The van der Waals surface area contributed by atoms with Crippen molar-refractivity contribution >= 4 is 23.9 Å². The van der Waals surface area contributed by atoms with E-state index in [1.807, 2.05) is 4.90 Å². The minimum absolute atomic E-state index is 0.0617. The Kier molecular flexibility index (Phi) is 7.58. The standard InChI is InChI=1S/C21H33N5O5/c1-14(27)16-13-25(9-8-22-16)17-23-10-15(11-24-17)12-26(18(28)30-20(2,3)4)19(29)31-21(5,6)7/h10-11,16,22H,8-9,12-13H2,1-7H3/t16-/m1/s1. The largest absolute Gasteiger partial charge is 0.443 e. The van der Waals surface area contributed by atoms with Gasteiger partial charge in [0.1, 0.15) is 17.0 Å². The molecular formula is C21H33N5O5. The predicted molar refractivity (Wildman–Crippen MR) is 115 cm³/mol. The number of carbonyl (C=O) groups excluding carboxylic acids is 3. The zero-order chi connectivity index (χ0) is 23.4. The highest BCUT2D eigenvalue weighted by atomic mass is 16.6. The van der Waals surface area contributed by atoms with Crippen LogP contribution in [-0.2, 0) is 20.8 Å². The average Bonchev–Trinajstić information content (AvgIpc) is 2.63.